The Labute approximate surface area is 175 Å². The minimum atomic E-state index is -0.452. The van der Waals surface area contributed by atoms with Crippen LogP contribution in [0.2, 0.25) is 10.0 Å². The number of hydrogen-bond acceptors (Lipinski definition) is 4. The molecule has 0 spiro atoms. The fraction of sp³-hybridized carbons (Fsp3) is 0.158. The zero-order chi connectivity index (χ0) is 19.7. The minimum absolute atomic E-state index is 0.168. The lowest BCUT2D eigenvalue weighted by molar-refractivity contribution is -0.140. The highest BCUT2D eigenvalue weighted by molar-refractivity contribution is 8.00. The molecule has 2 heterocycles. The van der Waals surface area contributed by atoms with Crippen LogP contribution in [0.5, 0.6) is 5.75 Å². The molecule has 9 heteroatoms. The molecular formula is C19H15Cl2N3O3S. The first-order valence-corrected chi connectivity index (χ1v) is 10.2. The largest absolute Gasteiger partial charge is 0.482 e. The molecule has 1 aliphatic heterocycles. The van der Waals surface area contributed by atoms with Gasteiger partial charge in [0.05, 0.1) is 10.8 Å². The van der Waals surface area contributed by atoms with Crippen molar-refractivity contribution in [2.24, 2.45) is 0 Å². The van der Waals surface area contributed by atoms with Crippen LogP contribution in [0, 0.1) is 0 Å². The zero-order valence-corrected chi connectivity index (χ0v) is 16.8. The molecule has 3 aromatic rings. The van der Waals surface area contributed by atoms with E-state index in [2.05, 4.69) is 10.4 Å². The number of aromatic amines is 1. The number of hydrazine groups is 1. The number of fused-ring (bicyclic) bond motifs is 1. The van der Waals surface area contributed by atoms with Crippen LogP contribution < -0.4 is 10.2 Å². The second-order valence-corrected chi connectivity index (χ2v) is 8.03. The van der Waals surface area contributed by atoms with E-state index >= 15 is 0 Å². The molecule has 4 rings (SSSR count). The molecule has 0 bridgehead atoms. The highest BCUT2D eigenvalue weighted by Crippen LogP contribution is 2.40. The molecular weight excluding hydrogens is 421 g/mol. The Kier molecular flexibility index (Phi) is 5.39. The normalized spacial score (nSPS) is 16.6. The summed E-state index contributed by atoms with van der Waals surface area (Å²) in [7, 11) is 0. The van der Waals surface area contributed by atoms with Crippen LogP contribution in [-0.2, 0) is 9.59 Å². The van der Waals surface area contributed by atoms with Gasteiger partial charge < -0.3 is 9.72 Å². The lowest BCUT2D eigenvalue weighted by atomic mass is 10.1. The van der Waals surface area contributed by atoms with Gasteiger partial charge in [-0.3, -0.25) is 15.0 Å². The van der Waals surface area contributed by atoms with Crippen molar-refractivity contribution in [1.82, 2.24) is 15.4 Å². The molecule has 2 amide bonds. The van der Waals surface area contributed by atoms with Crippen LogP contribution in [0.3, 0.4) is 0 Å². The SMILES string of the molecule is O=C(COc1ccc(Cl)cc1Cl)NN1C(=O)CSC1c1c[nH]c2ccccc12. The maximum absolute atomic E-state index is 12.4. The van der Waals surface area contributed by atoms with Crippen molar-refractivity contribution in [3.8, 4) is 5.75 Å². The summed E-state index contributed by atoms with van der Waals surface area (Å²) in [6.45, 7) is -0.281. The molecule has 1 saturated heterocycles. The molecule has 6 nitrogen and oxygen atoms in total. The van der Waals surface area contributed by atoms with Gasteiger partial charge in [0.25, 0.3) is 11.8 Å². The maximum atomic E-state index is 12.4. The smallest absolute Gasteiger partial charge is 0.276 e. The number of carbonyl (C=O) groups is 2. The standard InChI is InChI=1S/C19H15Cl2N3O3S/c20-11-5-6-16(14(21)7-11)27-9-17(25)23-24-18(26)10-28-19(24)13-8-22-15-4-2-1-3-12(13)15/h1-8,19,22H,9-10H2,(H,23,25). The van der Waals surface area contributed by atoms with Crippen molar-refractivity contribution in [1.29, 1.82) is 0 Å². The number of amides is 2. The Bertz CT molecular complexity index is 1060. The van der Waals surface area contributed by atoms with E-state index in [0.29, 0.717) is 15.8 Å². The second-order valence-electron chi connectivity index (χ2n) is 6.12. The summed E-state index contributed by atoms with van der Waals surface area (Å²) < 4.78 is 5.44. The Hall–Kier alpha value is -2.35. The summed E-state index contributed by atoms with van der Waals surface area (Å²) >= 11 is 13.3. The van der Waals surface area contributed by atoms with Crippen molar-refractivity contribution in [2.45, 2.75) is 5.37 Å². The molecule has 144 valence electrons. The first-order valence-electron chi connectivity index (χ1n) is 8.40. The molecule has 0 aliphatic carbocycles. The number of halogens is 2. The number of rotatable bonds is 5. The van der Waals surface area contributed by atoms with Crippen molar-refractivity contribution in [3.05, 3.63) is 64.3 Å². The van der Waals surface area contributed by atoms with E-state index < -0.39 is 5.91 Å². The molecule has 1 unspecified atom stereocenters. The van der Waals surface area contributed by atoms with Crippen molar-refractivity contribution < 1.29 is 14.3 Å². The first-order chi connectivity index (χ1) is 13.5. The first kappa shape index (κ1) is 19.0. The number of carbonyl (C=O) groups excluding carboxylic acids is 2. The van der Waals surface area contributed by atoms with Gasteiger partial charge in [0.15, 0.2) is 6.61 Å². The van der Waals surface area contributed by atoms with Gasteiger partial charge in [-0.2, -0.15) is 0 Å². The van der Waals surface area contributed by atoms with Crippen molar-refractivity contribution >= 4 is 57.7 Å². The molecule has 1 atom stereocenters. The lowest BCUT2D eigenvalue weighted by Crippen LogP contribution is -2.46. The average Bonchev–Trinajstić information content (AvgIpc) is 3.25. The number of hydrogen-bond donors (Lipinski definition) is 2. The van der Waals surface area contributed by atoms with Gasteiger partial charge in [-0.05, 0) is 24.3 Å². The molecule has 1 fully saturated rings. The van der Waals surface area contributed by atoms with Gasteiger partial charge in [0.2, 0.25) is 0 Å². The number of nitrogens with one attached hydrogen (secondary N) is 2. The fourth-order valence-electron chi connectivity index (χ4n) is 2.98. The van der Waals surface area contributed by atoms with E-state index in [4.69, 9.17) is 27.9 Å². The summed E-state index contributed by atoms with van der Waals surface area (Å²) in [5, 5.41) is 2.84. The van der Waals surface area contributed by atoms with E-state index in [-0.39, 0.29) is 23.6 Å². The number of ether oxygens (including phenoxy) is 1. The third-order valence-corrected chi connectivity index (χ3v) is 5.98. The summed E-state index contributed by atoms with van der Waals surface area (Å²) in [5.41, 5.74) is 4.56. The molecule has 28 heavy (non-hydrogen) atoms. The summed E-state index contributed by atoms with van der Waals surface area (Å²) in [6.07, 6.45) is 1.87. The predicted molar refractivity (Wildman–Crippen MR) is 110 cm³/mol. The van der Waals surface area contributed by atoms with Gasteiger partial charge >= 0.3 is 0 Å². The van der Waals surface area contributed by atoms with E-state index in [0.717, 1.165) is 16.5 Å². The highest BCUT2D eigenvalue weighted by atomic mass is 35.5. The molecule has 2 aromatic carbocycles. The second kappa shape index (κ2) is 7.95. The lowest BCUT2D eigenvalue weighted by Gasteiger charge is -2.24. The van der Waals surface area contributed by atoms with Gasteiger partial charge in [0, 0.05) is 27.7 Å². The Morgan fingerprint density at radius 3 is 2.93 bits per heavy atom. The fourth-order valence-corrected chi connectivity index (χ4v) is 4.57. The monoisotopic (exact) mass is 435 g/mol. The molecule has 1 aromatic heterocycles. The van der Waals surface area contributed by atoms with Crippen LogP contribution in [0.1, 0.15) is 10.9 Å². The van der Waals surface area contributed by atoms with Gasteiger partial charge in [-0.25, -0.2) is 5.01 Å². The van der Waals surface area contributed by atoms with Gasteiger partial charge in [-0.15, -0.1) is 11.8 Å². The molecule has 0 radical (unpaired) electrons. The van der Waals surface area contributed by atoms with Crippen LogP contribution in [0.25, 0.3) is 10.9 Å². The topological polar surface area (TPSA) is 74.4 Å². The average molecular weight is 436 g/mol. The van der Waals surface area contributed by atoms with Crippen LogP contribution in [-0.4, -0.2) is 34.2 Å². The molecule has 1 aliphatic rings. The Morgan fingerprint density at radius 2 is 2.11 bits per heavy atom. The number of nitrogens with zero attached hydrogens (tertiary/aromatic N) is 1. The van der Waals surface area contributed by atoms with Crippen LogP contribution in [0.15, 0.2) is 48.7 Å². The van der Waals surface area contributed by atoms with E-state index in [9.17, 15) is 9.59 Å². The summed E-state index contributed by atoms with van der Waals surface area (Å²) in [5.74, 6) is 0.00954. The van der Waals surface area contributed by atoms with Gasteiger partial charge in [0.1, 0.15) is 11.1 Å². The number of thioether (sulfide) groups is 1. The molecule has 2 N–H and O–H groups in total. The number of H-pyrrole nitrogens is 1. The summed E-state index contributed by atoms with van der Waals surface area (Å²) in [4.78, 5) is 27.9. The minimum Gasteiger partial charge on any atom is -0.482 e. The number of aromatic nitrogens is 1. The quantitative estimate of drug-likeness (QED) is 0.630. The zero-order valence-electron chi connectivity index (χ0n) is 14.4. The van der Waals surface area contributed by atoms with Crippen molar-refractivity contribution in [2.75, 3.05) is 12.4 Å². The maximum Gasteiger partial charge on any atom is 0.276 e. The van der Waals surface area contributed by atoms with E-state index in [1.807, 2.05) is 30.5 Å². The van der Waals surface area contributed by atoms with E-state index in [1.54, 1.807) is 12.1 Å². The van der Waals surface area contributed by atoms with Crippen molar-refractivity contribution in [3.63, 3.8) is 0 Å². The highest BCUT2D eigenvalue weighted by Gasteiger charge is 2.35. The third kappa shape index (κ3) is 3.78. The number of para-hydroxylation sites is 1. The number of benzene rings is 2. The third-order valence-electron chi connectivity index (χ3n) is 4.25. The Balaban J connectivity index is 1.46. The van der Waals surface area contributed by atoms with Crippen LogP contribution in [0.4, 0.5) is 0 Å². The molecule has 0 saturated carbocycles. The predicted octanol–water partition coefficient (Wildman–Crippen LogP) is 4.16. The summed E-state index contributed by atoms with van der Waals surface area (Å²) in [6, 6.07) is 12.6. The van der Waals surface area contributed by atoms with Crippen LogP contribution >= 0.6 is 35.0 Å². The van der Waals surface area contributed by atoms with E-state index in [1.165, 1.54) is 22.8 Å². The Morgan fingerprint density at radius 1 is 1.29 bits per heavy atom. The van der Waals surface area contributed by atoms with Gasteiger partial charge in [-0.1, -0.05) is 41.4 Å².